The van der Waals surface area contributed by atoms with Crippen molar-refractivity contribution in [3.05, 3.63) is 0 Å². The highest BCUT2D eigenvalue weighted by molar-refractivity contribution is 5.81. The van der Waals surface area contributed by atoms with Crippen molar-refractivity contribution in [3.8, 4) is 0 Å². The average molecular weight is 225 g/mol. The summed E-state index contributed by atoms with van der Waals surface area (Å²) in [6.45, 7) is 3.66. The molecule has 2 fully saturated rings. The zero-order chi connectivity index (χ0) is 11.4. The summed E-state index contributed by atoms with van der Waals surface area (Å²) in [5.74, 6) is 0.610. The molecule has 1 atom stereocenters. The van der Waals surface area contributed by atoms with E-state index >= 15 is 0 Å². The van der Waals surface area contributed by atoms with E-state index in [0.717, 1.165) is 25.8 Å². The van der Waals surface area contributed by atoms with Crippen LogP contribution in [0.4, 0.5) is 0 Å². The molecular weight excluding hydrogens is 202 g/mol. The second-order valence-corrected chi connectivity index (χ2v) is 5.21. The predicted molar refractivity (Wildman–Crippen MR) is 63.2 cm³/mol. The van der Waals surface area contributed by atoms with Crippen molar-refractivity contribution < 1.29 is 9.53 Å². The van der Waals surface area contributed by atoms with Crippen LogP contribution in [0.2, 0.25) is 0 Å². The number of hydrogen-bond donors (Lipinski definition) is 1. The lowest BCUT2D eigenvalue weighted by molar-refractivity contribution is -0.152. The number of esters is 1. The molecule has 92 valence electrons. The van der Waals surface area contributed by atoms with Crippen LogP contribution >= 0.6 is 0 Å². The zero-order valence-corrected chi connectivity index (χ0v) is 10.3. The third kappa shape index (κ3) is 2.40. The van der Waals surface area contributed by atoms with Gasteiger partial charge in [0, 0.05) is 0 Å². The average Bonchev–Trinajstić information content (AvgIpc) is 2.97. The Hall–Kier alpha value is -0.570. The summed E-state index contributed by atoms with van der Waals surface area (Å²) in [5.41, 5.74) is -0.362. The molecule has 0 aromatic carbocycles. The summed E-state index contributed by atoms with van der Waals surface area (Å²) in [5, 5.41) is 3.32. The number of rotatable bonds is 4. The fourth-order valence-electron chi connectivity index (χ4n) is 2.94. The summed E-state index contributed by atoms with van der Waals surface area (Å²) >= 11 is 0. The molecule has 1 aliphatic heterocycles. The molecule has 0 amide bonds. The SMILES string of the molecule is CCC1(C(=O)OCC2CCCC2)CCCN1. The topological polar surface area (TPSA) is 38.3 Å². The minimum atomic E-state index is -0.362. The van der Waals surface area contributed by atoms with Gasteiger partial charge < -0.3 is 10.1 Å². The van der Waals surface area contributed by atoms with Gasteiger partial charge in [0.05, 0.1) is 6.61 Å². The van der Waals surface area contributed by atoms with Crippen molar-refractivity contribution in [2.24, 2.45) is 5.92 Å². The van der Waals surface area contributed by atoms with E-state index in [-0.39, 0.29) is 11.5 Å². The third-order valence-electron chi connectivity index (χ3n) is 4.16. The molecule has 16 heavy (non-hydrogen) atoms. The third-order valence-corrected chi connectivity index (χ3v) is 4.16. The van der Waals surface area contributed by atoms with Gasteiger partial charge >= 0.3 is 5.97 Å². The largest absolute Gasteiger partial charge is 0.464 e. The smallest absolute Gasteiger partial charge is 0.326 e. The Morgan fingerprint density at radius 2 is 2.12 bits per heavy atom. The van der Waals surface area contributed by atoms with Gasteiger partial charge in [-0.1, -0.05) is 19.8 Å². The van der Waals surface area contributed by atoms with Crippen LogP contribution in [-0.2, 0) is 9.53 Å². The normalized spacial score (nSPS) is 30.8. The van der Waals surface area contributed by atoms with Crippen LogP contribution < -0.4 is 5.32 Å². The molecule has 3 heteroatoms. The Balaban J connectivity index is 1.81. The van der Waals surface area contributed by atoms with Gasteiger partial charge in [-0.3, -0.25) is 4.79 Å². The molecule has 0 spiro atoms. The van der Waals surface area contributed by atoms with E-state index in [4.69, 9.17) is 4.74 Å². The van der Waals surface area contributed by atoms with Crippen molar-refractivity contribution in [2.45, 2.75) is 57.4 Å². The Labute approximate surface area is 97.9 Å². The summed E-state index contributed by atoms with van der Waals surface area (Å²) in [4.78, 5) is 12.1. The number of carbonyl (C=O) groups excluding carboxylic acids is 1. The standard InChI is InChI=1S/C13H23NO2/c1-2-13(8-5-9-14-13)12(15)16-10-11-6-3-4-7-11/h11,14H,2-10H2,1H3. The lowest BCUT2D eigenvalue weighted by atomic mass is 9.94. The van der Waals surface area contributed by atoms with Gasteiger partial charge in [-0.05, 0) is 44.6 Å². The molecule has 2 aliphatic rings. The second-order valence-electron chi connectivity index (χ2n) is 5.21. The van der Waals surface area contributed by atoms with Crippen molar-refractivity contribution >= 4 is 5.97 Å². The molecule has 1 saturated heterocycles. The molecule has 3 nitrogen and oxygen atoms in total. The van der Waals surface area contributed by atoms with Gasteiger partial charge in [-0.15, -0.1) is 0 Å². The van der Waals surface area contributed by atoms with E-state index in [9.17, 15) is 4.79 Å². The Morgan fingerprint density at radius 3 is 2.69 bits per heavy atom. The van der Waals surface area contributed by atoms with Crippen LogP contribution in [0.15, 0.2) is 0 Å². The molecule has 2 rings (SSSR count). The van der Waals surface area contributed by atoms with Gasteiger partial charge in [0.25, 0.3) is 0 Å². The van der Waals surface area contributed by atoms with Crippen molar-refractivity contribution in [1.29, 1.82) is 0 Å². The maximum atomic E-state index is 12.1. The van der Waals surface area contributed by atoms with Gasteiger partial charge in [-0.25, -0.2) is 0 Å². The first-order valence-corrected chi connectivity index (χ1v) is 6.69. The van der Waals surface area contributed by atoms with E-state index < -0.39 is 0 Å². The number of carbonyl (C=O) groups is 1. The maximum Gasteiger partial charge on any atom is 0.326 e. The van der Waals surface area contributed by atoms with Crippen molar-refractivity contribution in [3.63, 3.8) is 0 Å². The fourth-order valence-corrected chi connectivity index (χ4v) is 2.94. The van der Waals surface area contributed by atoms with Crippen molar-refractivity contribution in [1.82, 2.24) is 5.32 Å². The van der Waals surface area contributed by atoms with E-state index in [1.54, 1.807) is 0 Å². The number of nitrogens with one attached hydrogen (secondary N) is 1. The summed E-state index contributed by atoms with van der Waals surface area (Å²) in [6.07, 6.45) is 7.95. The highest BCUT2D eigenvalue weighted by Gasteiger charge is 2.40. The minimum Gasteiger partial charge on any atom is -0.464 e. The molecule has 0 bridgehead atoms. The van der Waals surface area contributed by atoms with Crippen LogP contribution in [0, 0.1) is 5.92 Å². The molecule has 1 N–H and O–H groups in total. The maximum absolute atomic E-state index is 12.1. The molecule has 1 unspecified atom stereocenters. The van der Waals surface area contributed by atoms with E-state index in [0.29, 0.717) is 12.5 Å². The van der Waals surface area contributed by atoms with Crippen LogP contribution in [0.3, 0.4) is 0 Å². The molecule has 0 aromatic heterocycles. The predicted octanol–water partition coefficient (Wildman–Crippen LogP) is 2.25. The Kier molecular flexibility index (Phi) is 3.85. The first-order valence-electron chi connectivity index (χ1n) is 6.69. The highest BCUT2D eigenvalue weighted by atomic mass is 16.5. The number of hydrogen-bond acceptors (Lipinski definition) is 3. The van der Waals surface area contributed by atoms with Crippen LogP contribution in [0.5, 0.6) is 0 Å². The quantitative estimate of drug-likeness (QED) is 0.746. The Morgan fingerprint density at radius 1 is 1.38 bits per heavy atom. The van der Waals surface area contributed by atoms with Gasteiger partial charge in [0.15, 0.2) is 0 Å². The summed E-state index contributed by atoms with van der Waals surface area (Å²) in [6, 6.07) is 0. The van der Waals surface area contributed by atoms with Crippen molar-refractivity contribution in [2.75, 3.05) is 13.2 Å². The molecule has 1 aliphatic carbocycles. The lowest BCUT2D eigenvalue weighted by Gasteiger charge is -2.26. The fraction of sp³-hybridized carbons (Fsp3) is 0.923. The molecule has 1 saturated carbocycles. The van der Waals surface area contributed by atoms with Crippen LogP contribution in [0.1, 0.15) is 51.9 Å². The molecule has 0 aromatic rings. The number of ether oxygens (including phenoxy) is 1. The molecule has 1 heterocycles. The lowest BCUT2D eigenvalue weighted by Crippen LogP contribution is -2.48. The highest BCUT2D eigenvalue weighted by Crippen LogP contribution is 2.27. The summed E-state index contributed by atoms with van der Waals surface area (Å²) in [7, 11) is 0. The van der Waals surface area contributed by atoms with E-state index in [2.05, 4.69) is 12.2 Å². The van der Waals surface area contributed by atoms with Gasteiger partial charge in [0.1, 0.15) is 5.54 Å². The van der Waals surface area contributed by atoms with Crippen LogP contribution in [-0.4, -0.2) is 24.7 Å². The first-order chi connectivity index (χ1) is 7.77. The molecular formula is C13H23NO2. The second kappa shape index (κ2) is 5.17. The molecule has 0 radical (unpaired) electrons. The Bertz CT molecular complexity index is 240. The minimum absolute atomic E-state index is 0.0144. The van der Waals surface area contributed by atoms with E-state index in [1.165, 1.54) is 25.7 Å². The van der Waals surface area contributed by atoms with E-state index in [1.807, 2.05) is 0 Å². The summed E-state index contributed by atoms with van der Waals surface area (Å²) < 4.78 is 5.50. The zero-order valence-electron chi connectivity index (χ0n) is 10.3. The van der Waals surface area contributed by atoms with Gasteiger partial charge in [0.2, 0.25) is 0 Å². The van der Waals surface area contributed by atoms with Crippen LogP contribution in [0.25, 0.3) is 0 Å². The first kappa shape index (κ1) is 11.9. The van der Waals surface area contributed by atoms with Gasteiger partial charge in [-0.2, -0.15) is 0 Å². The monoisotopic (exact) mass is 225 g/mol.